The third-order valence-electron chi connectivity index (χ3n) is 4.65. The molecule has 6 nitrogen and oxygen atoms in total. The normalized spacial score (nSPS) is 10.8. The molecule has 2 N–H and O–H groups in total. The molecule has 4 aromatic rings. The fourth-order valence-corrected chi connectivity index (χ4v) is 3.65. The molecule has 0 fully saturated rings. The molecule has 1 amide bonds. The van der Waals surface area contributed by atoms with Gasteiger partial charge in [0.2, 0.25) is 0 Å². The molecular weight excluding hydrogens is 396 g/mol. The van der Waals surface area contributed by atoms with E-state index in [0.717, 1.165) is 33.5 Å². The Balaban J connectivity index is 1.70. The number of fused-ring (bicyclic) bond motifs is 1. The van der Waals surface area contributed by atoms with Crippen molar-refractivity contribution in [2.24, 2.45) is 5.73 Å². The average molecular weight is 417 g/mol. The van der Waals surface area contributed by atoms with E-state index < -0.39 is 5.91 Å². The number of hydrogen-bond acceptors (Lipinski definition) is 6. The predicted molar refractivity (Wildman–Crippen MR) is 119 cm³/mol. The first-order chi connectivity index (χ1) is 14.7. The standard InChI is InChI=1S/C23H20N4O2S/c1-30-14-17-7-6-15(12-27-17)16-10-20-18(4-2-8-25-20)22(11-16)29-13-21-19(23(24)28)5-3-9-26-21/h2-12H,13-14H2,1H3,(H2,24,28). The third kappa shape index (κ3) is 4.26. The summed E-state index contributed by atoms with van der Waals surface area (Å²) in [4.78, 5) is 24.9. The second kappa shape index (κ2) is 8.92. The number of nitrogens with two attached hydrogens (primary N) is 1. The molecule has 0 saturated heterocycles. The lowest BCUT2D eigenvalue weighted by Gasteiger charge is -2.13. The third-order valence-corrected chi connectivity index (χ3v) is 5.24. The number of aromatic nitrogens is 3. The Morgan fingerprint density at radius 3 is 2.63 bits per heavy atom. The average Bonchev–Trinajstić information content (AvgIpc) is 2.78. The minimum Gasteiger partial charge on any atom is -0.487 e. The second-order valence-electron chi connectivity index (χ2n) is 6.67. The first kappa shape index (κ1) is 19.8. The fraction of sp³-hybridized carbons (Fsp3) is 0.130. The van der Waals surface area contributed by atoms with Crippen molar-refractivity contribution >= 4 is 28.6 Å². The van der Waals surface area contributed by atoms with E-state index in [1.807, 2.05) is 36.5 Å². The highest BCUT2D eigenvalue weighted by atomic mass is 32.2. The highest BCUT2D eigenvalue weighted by Gasteiger charge is 2.12. The van der Waals surface area contributed by atoms with Crippen LogP contribution in [0.15, 0.2) is 67.1 Å². The summed E-state index contributed by atoms with van der Waals surface area (Å²) in [5, 5.41) is 0.879. The van der Waals surface area contributed by atoms with Gasteiger partial charge >= 0.3 is 0 Å². The highest BCUT2D eigenvalue weighted by Crippen LogP contribution is 2.32. The Morgan fingerprint density at radius 1 is 1.03 bits per heavy atom. The highest BCUT2D eigenvalue weighted by molar-refractivity contribution is 7.97. The van der Waals surface area contributed by atoms with E-state index in [9.17, 15) is 4.79 Å². The van der Waals surface area contributed by atoms with Crippen LogP contribution in [0.3, 0.4) is 0 Å². The molecule has 30 heavy (non-hydrogen) atoms. The summed E-state index contributed by atoms with van der Waals surface area (Å²) in [5.74, 6) is 1.00. The number of ether oxygens (including phenoxy) is 1. The fourth-order valence-electron chi connectivity index (χ4n) is 3.19. The van der Waals surface area contributed by atoms with Crippen LogP contribution in [0.1, 0.15) is 21.7 Å². The van der Waals surface area contributed by atoms with Gasteiger partial charge in [0.05, 0.1) is 22.5 Å². The van der Waals surface area contributed by atoms with Crippen molar-refractivity contribution in [2.45, 2.75) is 12.4 Å². The zero-order chi connectivity index (χ0) is 20.9. The number of thioether (sulfide) groups is 1. The summed E-state index contributed by atoms with van der Waals surface area (Å²) < 4.78 is 6.09. The van der Waals surface area contributed by atoms with Crippen LogP contribution in [0, 0.1) is 0 Å². The zero-order valence-electron chi connectivity index (χ0n) is 16.4. The van der Waals surface area contributed by atoms with Crippen molar-refractivity contribution in [1.29, 1.82) is 0 Å². The molecule has 0 unspecified atom stereocenters. The van der Waals surface area contributed by atoms with Crippen LogP contribution >= 0.6 is 11.8 Å². The van der Waals surface area contributed by atoms with E-state index in [-0.39, 0.29) is 6.61 Å². The van der Waals surface area contributed by atoms with Gasteiger partial charge in [0.1, 0.15) is 12.4 Å². The smallest absolute Gasteiger partial charge is 0.250 e. The van der Waals surface area contributed by atoms with Crippen LogP contribution in [-0.4, -0.2) is 27.1 Å². The minimum absolute atomic E-state index is 0.122. The number of carbonyl (C=O) groups is 1. The summed E-state index contributed by atoms with van der Waals surface area (Å²) >= 11 is 1.74. The molecule has 0 bridgehead atoms. The molecule has 0 aliphatic heterocycles. The molecule has 0 atom stereocenters. The molecule has 3 heterocycles. The van der Waals surface area contributed by atoms with Crippen molar-refractivity contribution in [3.63, 3.8) is 0 Å². The Labute approximate surface area is 178 Å². The number of pyridine rings is 3. The second-order valence-corrected chi connectivity index (χ2v) is 7.53. The maximum Gasteiger partial charge on any atom is 0.250 e. The van der Waals surface area contributed by atoms with Gasteiger partial charge in [0.15, 0.2) is 0 Å². The number of primary amides is 1. The summed E-state index contributed by atoms with van der Waals surface area (Å²) in [7, 11) is 0. The van der Waals surface area contributed by atoms with Crippen LogP contribution in [0.2, 0.25) is 0 Å². The Hall–Kier alpha value is -3.45. The Kier molecular flexibility index (Phi) is 5.90. The summed E-state index contributed by atoms with van der Waals surface area (Å²) in [6.07, 6.45) is 7.28. The monoisotopic (exact) mass is 416 g/mol. The van der Waals surface area contributed by atoms with Gasteiger partial charge in [-0.05, 0) is 54.3 Å². The first-order valence-electron chi connectivity index (χ1n) is 9.35. The summed E-state index contributed by atoms with van der Waals surface area (Å²) in [6.45, 7) is 0.122. The van der Waals surface area contributed by atoms with E-state index in [0.29, 0.717) is 17.0 Å². The number of hydrogen-bond donors (Lipinski definition) is 1. The lowest BCUT2D eigenvalue weighted by atomic mass is 10.0. The van der Waals surface area contributed by atoms with Gasteiger partial charge < -0.3 is 10.5 Å². The van der Waals surface area contributed by atoms with Gasteiger partial charge in [-0.3, -0.25) is 19.7 Å². The molecule has 7 heteroatoms. The molecule has 0 radical (unpaired) electrons. The topological polar surface area (TPSA) is 91.0 Å². The van der Waals surface area contributed by atoms with Gasteiger partial charge in [-0.15, -0.1) is 0 Å². The first-order valence-corrected chi connectivity index (χ1v) is 10.7. The van der Waals surface area contributed by atoms with Crippen molar-refractivity contribution < 1.29 is 9.53 Å². The van der Waals surface area contributed by atoms with E-state index in [1.165, 1.54) is 0 Å². The van der Waals surface area contributed by atoms with Crippen molar-refractivity contribution in [3.05, 3.63) is 84.1 Å². The summed E-state index contributed by atoms with van der Waals surface area (Å²) in [5.41, 5.74) is 10.1. The molecule has 0 aliphatic carbocycles. The Bertz CT molecular complexity index is 1200. The van der Waals surface area contributed by atoms with E-state index in [4.69, 9.17) is 10.5 Å². The van der Waals surface area contributed by atoms with Gasteiger partial charge in [-0.2, -0.15) is 11.8 Å². The molecule has 0 spiro atoms. The molecule has 3 aromatic heterocycles. The zero-order valence-corrected chi connectivity index (χ0v) is 17.2. The largest absolute Gasteiger partial charge is 0.487 e. The number of amides is 1. The number of nitrogens with zero attached hydrogens (tertiary/aromatic N) is 3. The molecule has 0 aliphatic rings. The van der Waals surface area contributed by atoms with Crippen LogP contribution < -0.4 is 10.5 Å². The predicted octanol–water partition coefficient (Wildman–Crippen LogP) is 4.23. The maximum atomic E-state index is 11.7. The van der Waals surface area contributed by atoms with E-state index in [2.05, 4.69) is 27.3 Å². The van der Waals surface area contributed by atoms with Gasteiger partial charge in [0, 0.05) is 35.3 Å². The van der Waals surface area contributed by atoms with Crippen LogP contribution in [0.25, 0.3) is 22.0 Å². The van der Waals surface area contributed by atoms with Crippen LogP contribution in [0.5, 0.6) is 5.75 Å². The van der Waals surface area contributed by atoms with Gasteiger partial charge in [0.25, 0.3) is 5.91 Å². The van der Waals surface area contributed by atoms with E-state index in [1.54, 1.807) is 36.3 Å². The van der Waals surface area contributed by atoms with Crippen molar-refractivity contribution in [2.75, 3.05) is 6.26 Å². The lowest BCUT2D eigenvalue weighted by Crippen LogP contribution is -2.15. The number of carbonyl (C=O) groups excluding carboxylic acids is 1. The molecule has 4 rings (SSSR count). The SMILES string of the molecule is CSCc1ccc(-c2cc(OCc3ncccc3C(N)=O)c3cccnc3c2)cn1. The molecular formula is C23H20N4O2S. The molecule has 0 saturated carbocycles. The number of rotatable bonds is 7. The number of benzene rings is 1. The van der Waals surface area contributed by atoms with Crippen LogP contribution in [-0.2, 0) is 12.4 Å². The molecule has 150 valence electrons. The van der Waals surface area contributed by atoms with Crippen LogP contribution in [0.4, 0.5) is 0 Å². The molecule has 1 aromatic carbocycles. The van der Waals surface area contributed by atoms with Crippen molar-refractivity contribution in [3.8, 4) is 16.9 Å². The lowest BCUT2D eigenvalue weighted by molar-refractivity contribution is 0.0997. The minimum atomic E-state index is -0.529. The van der Waals surface area contributed by atoms with Crippen molar-refractivity contribution in [1.82, 2.24) is 15.0 Å². The van der Waals surface area contributed by atoms with Gasteiger partial charge in [-0.1, -0.05) is 6.07 Å². The quantitative estimate of drug-likeness (QED) is 0.485. The summed E-state index contributed by atoms with van der Waals surface area (Å²) in [6, 6.07) is 15.2. The Morgan fingerprint density at radius 2 is 1.87 bits per heavy atom. The van der Waals surface area contributed by atoms with E-state index >= 15 is 0 Å². The maximum absolute atomic E-state index is 11.7. The van der Waals surface area contributed by atoms with Gasteiger partial charge in [-0.25, -0.2) is 0 Å².